The van der Waals surface area contributed by atoms with E-state index in [0.717, 1.165) is 9.25 Å². The Balaban J connectivity index is 1.79. The molecule has 2 heterocycles. The van der Waals surface area contributed by atoms with Gasteiger partial charge in [0.1, 0.15) is 6.54 Å². The van der Waals surface area contributed by atoms with E-state index in [2.05, 4.69) is 20.5 Å². The van der Waals surface area contributed by atoms with E-state index < -0.39 is 30.6 Å². The molecule has 0 radical (unpaired) electrons. The van der Waals surface area contributed by atoms with Crippen molar-refractivity contribution >= 4 is 29.1 Å². The summed E-state index contributed by atoms with van der Waals surface area (Å²) in [5.74, 6) is -0.0556. The lowest BCUT2D eigenvalue weighted by atomic mass is 10.2. The van der Waals surface area contributed by atoms with Crippen molar-refractivity contribution in [2.24, 2.45) is 0 Å². The average Bonchev–Trinajstić information content (AvgIpc) is 3.41. The molecule has 0 aliphatic carbocycles. The van der Waals surface area contributed by atoms with Crippen molar-refractivity contribution < 1.29 is 23.1 Å². The van der Waals surface area contributed by atoms with Gasteiger partial charge in [-0.05, 0) is 43.3 Å². The second kappa shape index (κ2) is 11.2. The zero-order chi connectivity index (χ0) is 28.5. The highest BCUT2D eigenvalue weighted by Gasteiger charge is 2.39. The Morgan fingerprint density at radius 3 is 2.38 bits per heavy atom. The van der Waals surface area contributed by atoms with Crippen molar-refractivity contribution in [1.82, 2.24) is 34.4 Å². The summed E-state index contributed by atoms with van der Waals surface area (Å²) in [6.07, 6.45) is -7.76. The smallest absolute Gasteiger partial charge is 0.382 e. The molecule has 1 amide bonds. The molecule has 2 atom stereocenters. The van der Waals surface area contributed by atoms with Crippen LogP contribution in [0, 0.1) is 0 Å². The van der Waals surface area contributed by atoms with Gasteiger partial charge in [0.25, 0.3) is 0 Å². The number of hydrogen-bond donors (Lipinski definition) is 2. The normalized spacial score (nSPS) is 13.3. The third-order valence-electron chi connectivity index (χ3n) is 5.61. The van der Waals surface area contributed by atoms with Gasteiger partial charge in [0.05, 0.1) is 23.3 Å². The van der Waals surface area contributed by atoms with E-state index in [9.17, 15) is 27.9 Å². The Bertz CT molecular complexity index is 1550. The average molecular weight is 584 g/mol. The highest BCUT2D eigenvalue weighted by Crippen LogP contribution is 2.25. The van der Waals surface area contributed by atoms with E-state index in [-0.39, 0.29) is 24.1 Å². The minimum atomic E-state index is -4.96. The van der Waals surface area contributed by atoms with E-state index in [1.807, 2.05) is 0 Å². The first-order valence-electron chi connectivity index (χ1n) is 11.5. The third-order valence-corrected chi connectivity index (χ3v) is 6.19. The number of benzene rings is 2. The van der Waals surface area contributed by atoms with Gasteiger partial charge < -0.3 is 10.4 Å². The number of rotatable bonds is 8. The van der Waals surface area contributed by atoms with E-state index >= 15 is 0 Å². The predicted molar refractivity (Wildman–Crippen MR) is 137 cm³/mol. The summed E-state index contributed by atoms with van der Waals surface area (Å²) < 4.78 is 42.5. The maximum atomic E-state index is 13.2. The molecule has 2 N–H and O–H groups in total. The van der Waals surface area contributed by atoms with Crippen LogP contribution in [0.1, 0.15) is 31.5 Å². The van der Waals surface area contributed by atoms with Crippen molar-refractivity contribution in [3.05, 3.63) is 80.7 Å². The molecule has 4 rings (SSSR count). The SMILES string of the molecule is CC(=O)NC(C)c1nc(Cn2nc(-c3ccc(Cl)cc3)n(CC(O)C(F)(F)F)c2=O)nn1-c1ccccc1Cl. The molecule has 0 bridgehead atoms. The van der Waals surface area contributed by atoms with Crippen molar-refractivity contribution in [2.45, 2.75) is 45.3 Å². The van der Waals surface area contributed by atoms with Gasteiger partial charge in [-0.25, -0.2) is 19.1 Å². The summed E-state index contributed by atoms with van der Waals surface area (Å²) in [7, 11) is 0. The minimum Gasteiger partial charge on any atom is -0.382 e. The first kappa shape index (κ1) is 28.3. The molecular formula is C24H22Cl2F3N7O3. The van der Waals surface area contributed by atoms with Gasteiger partial charge in [-0.3, -0.25) is 9.36 Å². The van der Waals surface area contributed by atoms with Gasteiger partial charge in [-0.2, -0.15) is 13.2 Å². The number of para-hydroxylation sites is 1. The largest absolute Gasteiger partial charge is 0.416 e. The van der Waals surface area contributed by atoms with Crippen LogP contribution in [0.3, 0.4) is 0 Å². The Hall–Kier alpha value is -3.68. The fourth-order valence-electron chi connectivity index (χ4n) is 3.82. The van der Waals surface area contributed by atoms with Crippen LogP contribution in [0.25, 0.3) is 17.1 Å². The van der Waals surface area contributed by atoms with Gasteiger partial charge in [0.2, 0.25) is 5.91 Å². The maximum absolute atomic E-state index is 13.2. The lowest BCUT2D eigenvalue weighted by Gasteiger charge is -2.15. The number of aliphatic hydroxyl groups excluding tert-OH is 1. The summed E-state index contributed by atoms with van der Waals surface area (Å²) >= 11 is 12.3. The lowest BCUT2D eigenvalue weighted by molar-refractivity contribution is -0.207. The van der Waals surface area contributed by atoms with Gasteiger partial charge in [-0.15, -0.1) is 10.2 Å². The molecule has 2 aromatic carbocycles. The summed E-state index contributed by atoms with van der Waals surface area (Å²) in [4.78, 5) is 29.4. The van der Waals surface area contributed by atoms with Crippen LogP contribution in [-0.4, -0.2) is 52.4 Å². The third kappa shape index (κ3) is 6.32. The molecule has 15 heteroatoms. The van der Waals surface area contributed by atoms with Crippen LogP contribution in [0.4, 0.5) is 13.2 Å². The van der Waals surface area contributed by atoms with Crippen LogP contribution in [0.15, 0.2) is 53.3 Å². The molecule has 2 unspecified atom stereocenters. The van der Waals surface area contributed by atoms with Crippen molar-refractivity contribution in [1.29, 1.82) is 0 Å². The zero-order valence-electron chi connectivity index (χ0n) is 20.5. The zero-order valence-corrected chi connectivity index (χ0v) is 22.0. The minimum absolute atomic E-state index is 0.0768. The van der Waals surface area contributed by atoms with E-state index in [4.69, 9.17) is 23.2 Å². The quantitative estimate of drug-likeness (QED) is 0.326. The van der Waals surface area contributed by atoms with E-state index in [1.54, 1.807) is 31.2 Å². The summed E-state index contributed by atoms with van der Waals surface area (Å²) in [6, 6.07) is 12.1. The molecule has 0 fully saturated rings. The van der Waals surface area contributed by atoms with Crippen molar-refractivity contribution in [3.63, 3.8) is 0 Å². The van der Waals surface area contributed by atoms with E-state index in [1.165, 1.54) is 35.9 Å². The molecule has 0 aliphatic heterocycles. The number of alkyl halides is 3. The summed E-state index contributed by atoms with van der Waals surface area (Å²) in [5.41, 5.74) is -0.161. The Kier molecular flexibility index (Phi) is 8.14. The van der Waals surface area contributed by atoms with Crippen LogP contribution in [0.2, 0.25) is 10.0 Å². The molecule has 0 saturated heterocycles. The number of aliphatic hydroxyl groups is 1. The molecule has 0 aliphatic rings. The highest BCUT2D eigenvalue weighted by molar-refractivity contribution is 6.32. The molecule has 0 spiro atoms. The molecule has 39 heavy (non-hydrogen) atoms. The first-order chi connectivity index (χ1) is 18.3. The second-order valence-electron chi connectivity index (χ2n) is 8.61. The van der Waals surface area contributed by atoms with Crippen LogP contribution in [0.5, 0.6) is 0 Å². The van der Waals surface area contributed by atoms with Crippen molar-refractivity contribution in [2.75, 3.05) is 0 Å². The predicted octanol–water partition coefficient (Wildman–Crippen LogP) is 3.77. The molecule has 4 aromatic rings. The molecular weight excluding hydrogens is 562 g/mol. The van der Waals surface area contributed by atoms with Gasteiger partial charge in [0.15, 0.2) is 23.6 Å². The fourth-order valence-corrected chi connectivity index (χ4v) is 4.16. The molecule has 0 saturated carbocycles. The monoisotopic (exact) mass is 583 g/mol. The Labute approximate surface area is 229 Å². The maximum Gasteiger partial charge on any atom is 0.416 e. The summed E-state index contributed by atoms with van der Waals surface area (Å²) in [6.45, 7) is 1.62. The van der Waals surface area contributed by atoms with Gasteiger partial charge in [0, 0.05) is 17.5 Å². The number of halogens is 5. The topological polar surface area (TPSA) is 120 Å². The number of carbonyl (C=O) groups is 1. The van der Waals surface area contributed by atoms with Crippen LogP contribution >= 0.6 is 23.2 Å². The number of nitrogens with zero attached hydrogens (tertiary/aromatic N) is 6. The number of nitrogens with one attached hydrogen (secondary N) is 1. The first-order valence-corrected chi connectivity index (χ1v) is 12.3. The van der Waals surface area contributed by atoms with Crippen LogP contribution in [-0.2, 0) is 17.9 Å². The van der Waals surface area contributed by atoms with Crippen molar-refractivity contribution in [3.8, 4) is 17.1 Å². The van der Waals surface area contributed by atoms with Gasteiger partial charge in [-0.1, -0.05) is 35.3 Å². The van der Waals surface area contributed by atoms with Crippen LogP contribution < -0.4 is 11.0 Å². The van der Waals surface area contributed by atoms with E-state index in [0.29, 0.717) is 27.1 Å². The molecule has 206 valence electrons. The number of aromatic nitrogens is 6. The molecule has 10 nitrogen and oxygen atoms in total. The Morgan fingerprint density at radius 2 is 1.77 bits per heavy atom. The highest BCUT2D eigenvalue weighted by atomic mass is 35.5. The Morgan fingerprint density at radius 1 is 1.10 bits per heavy atom. The fraction of sp³-hybridized carbons (Fsp3) is 0.292. The molecule has 2 aromatic heterocycles. The lowest BCUT2D eigenvalue weighted by Crippen LogP contribution is -2.37. The second-order valence-corrected chi connectivity index (χ2v) is 9.45. The number of amides is 1. The standard InChI is InChI=1S/C24H22Cl2F3N7O3/c1-13(30-14(2)37)21-31-20(32-36(21)18-6-4-3-5-17(18)26)12-35-23(39)34(11-19(38)24(27,28)29)22(33-35)15-7-9-16(25)10-8-15/h3-10,13,19,38H,11-12H2,1-2H3,(H,30,37). The number of hydrogen-bond acceptors (Lipinski definition) is 6. The summed E-state index contributed by atoms with van der Waals surface area (Å²) in [5, 5.41) is 21.8. The van der Waals surface area contributed by atoms with Gasteiger partial charge >= 0.3 is 11.9 Å². The number of carbonyl (C=O) groups excluding carboxylic acids is 1.